The number of nitrogens with one attached hydrogen (secondary N) is 2. The van der Waals surface area contributed by atoms with E-state index in [2.05, 4.69) is 33.6 Å². The maximum absolute atomic E-state index is 13.4. The highest BCUT2D eigenvalue weighted by Gasteiger charge is 2.41. The van der Waals surface area contributed by atoms with E-state index in [0.717, 1.165) is 43.2 Å². The maximum Gasteiger partial charge on any atom is 0.254 e. The van der Waals surface area contributed by atoms with Crippen molar-refractivity contribution in [1.29, 1.82) is 5.41 Å². The minimum atomic E-state index is -0.211. The number of piperidine rings is 1. The Morgan fingerprint density at radius 1 is 1.19 bits per heavy atom. The van der Waals surface area contributed by atoms with Crippen molar-refractivity contribution in [2.24, 2.45) is 11.7 Å². The summed E-state index contributed by atoms with van der Waals surface area (Å²) in [6, 6.07) is 7.82. The molecule has 1 aromatic carbocycles. The zero-order chi connectivity index (χ0) is 26.3. The molecule has 2 aromatic rings. The summed E-state index contributed by atoms with van der Waals surface area (Å²) in [5.41, 5.74) is 7.23. The van der Waals surface area contributed by atoms with Crippen LogP contribution in [0.5, 0.6) is 0 Å². The fourth-order valence-corrected chi connectivity index (χ4v) is 5.57. The van der Waals surface area contributed by atoms with Crippen LogP contribution in [0.1, 0.15) is 61.3 Å². The summed E-state index contributed by atoms with van der Waals surface area (Å²) in [5.74, 6) is 1.78. The van der Waals surface area contributed by atoms with Crippen LogP contribution in [-0.4, -0.2) is 87.9 Å². The Hall–Kier alpha value is -2.75. The predicted molar refractivity (Wildman–Crippen MR) is 145 cm³/mol. The molecule has 202 valence electrons. The van der Waals surface area contributed by atoms with Crippen molar-refractivity contribution in [3.8, 4) is 0 Å². The quantitative estimate of drug-likeness (QED) is 0.317. The van der Waals surface area contributed by atoms with E-state index >= 15 is 0 Å². The minimum Gasteiger partial charge on any atom is -0.387 e. The van der Waals surface area contributed by atoms with Crippen LogP contribution < -0.4 is 5.73 Å². The number of amidine groups is 1. The van der Waals surface area contributed by atoms with Gasteiger partial charge in [0.05, 0.1) is 31.8 Å². The number of likely N-dealkylation sites (tertiary alicyclic amines) is 1. The first-order valence-corrected chi connectivity index (χ1v) is 13.7. The van der Waals surface area contributed by atoms with Crippen LogP contribution in [-0.2, 0) is 17.8 Å². The number of rotatable bonds is 11. The highest BCUT2D eigenvalue weighted by atomic mass is 16.5. The molecular weight excluding hydrogens is 466 g/mol. The van der Waals surface area contributed by atoms with E-state index in [4.69, 9.17) is 15.9 Å². The van der Waals surface area contributed by atoms with Crippen LogP contribution in [0.15, 0.2) is 36.7 Å². The topological polar surface area (TPSA) is 115 Å². The molecule has 1 aromatic heterocycles. The summed E-state index contributed by atoms with van der Waals surface area (Å²) in [6.45, 7) is 11.3. The molecule has 2 aliphatic heterocycles. The van der Waals surface area contributed by atoms with Crippen LogP contribution in [0.2, 0.25) is 0 Å². The van der Waals surface area contributed by atoms with Gasteiger partial charge in [-0.1, -0.05) is 38.8 Å². The van der Waals surface area contributed by atoms with E-state index in [9.17, 15) is 4.79 Å². The van der Waals surface area contributed by atoms with Crippen LogP contribution >= 0.6 is 0 Å². The van der Waals surface area contributed by atoms with Crippen molar-refractivity contribution in [3.05, 3.63) is 53.6 Å². The third-order valence-corrected chi connectivity index (χ3v) is 7.90. The van der Waals surface area contributed by atoms with Crippen molar-refractivity contribution in [3.63, 3.8) is 0 Å². The normalized spacial score (nSPS) is 18.1. The lowest BCUT2D eigenvalue weighted by molar-refractivity contribution is -0.128. The third kappa shape index (κ3) is 7.40. The molecular formula is C28H43N7O2. The first-order chi connectivity index (χ1) is 17.9. The number of hydrogen-bond donors (Lipinski definition) is 3. The number of hydrogen-bond acceptors (Lipinski definition) is 6. The van der Waals surface area contributed by atoms with Crippen molar-refractivity contribution >= 4 is 11.7 Å². The molecule has 1 amide bonds. The van der Waals surface area contributed by atoms with Gasteiger partial charge in [-0.2, -0.15) is 0 Å². The van der Waals surface area contributed by atoms with Gasteiger partial charge in [0.25, 0.3) is 5.91 Å². The van der Waals surface area contributed by atoms with Gasteiger partial charge in [-0.15, -0.1) is 0 Å². The van der Waals surface area contributed by atoms with Gasteiger partial charge in [0.1, 0.15) is 11.7 Å². The molecule has 9 nitrogen and oxygen atoms in total. The van der Waals surface area contributed by atoms with Gasteiger partial charge in [-0.25, -0.2) is 4.98 Å². The standard InChI is InChI=1S/C28H43N7O2/c1-3-22(4-2)17-33-13-9-28(10-14-33)21-35(15-16-37-28)27(36)24-7-5-23(6-8-24)18-34(19-25(29)30)20-26-31-11-12-32-26/h5-8,11-12,22H,3-4,9-10,13-21H2,1-2H3,(H3,29,30)(H,31,32). The molecule has 4 rings (SSSR count). The number of carbonyl (C=O) groups is 1. The zero-order valence-corrected chi connectivity index (χ0v) is 22.4. The van der Waals surface area contributed by atoms with Gasteiger partial charge in [0.15, 0.2) is 0 Å². The molecule has 9 heteroatoms. The Morgan fingerprint density at radius 3 is 2.54 bits per heavy atom. The van der Waals surface area contributed by atoms with Gasteiger partial charge >= 0.3 is 0 Å². The SMILES string of the molecule is CCC(CC)CN1CCC2(CC1)CN(C(=O)c1ccc(CN(CC(=N)N)Cc3ncc[nH]3)cc1)CCO2. The molecule has 0 atom stereocenters. The van der Waals surface area contributed by atoms with Crippen molar-refractivity contribution < 1.29 is 9.53 Å². The number of benzene rings is 1. The van der Waals surface area contributed by atoms with Gasteiger partial charge in [-0.05, 0) is 36.5 Å². The van der Waals surface area contributed by atoms with Crippen molar-refractivity contribution in [2.75, 3.05) is 45.9 Å². The Labute approximate surface area is 220 Å². The highest BCUT2D eigenvalue weighted by molar-refractivity contribution is 5.94. The summed E-state index contributed by atoms with van der Waals surface area (Å²) in [6.07, 6.45) is 7.93. The summed E-state index contributed by atoms with van der Waals surface area (Å²) in [5, 5.41) is 7.71. The fourth-order valence-electron chi connectivity index (χ4n) is 5.57. The molecule has 2 aliphatic rings. The molecule has 2 fully saturated rings. The fraction of sp³-hybridized carbons (Fsp3) is 0.607. The van der Waals surface area contributed by atoms with Crippen molar-refractivity contribution in [2.45, 2.75) is 58.2 Å². The molecule has 2 saturated heterocycles. The lowest BCUT2D eigenvalue weighted by Gasteiger charge is -2.47. The zero-order valence-electron chi connectivity index (χ0n) is 22.4. The second kappa shape index (κ2) is 12.7. The number of morpholine rings is 1. The van der Waals surface area contributed by atoms with Gasteiger partial charge in [0.2, 0.25) is 0 Å². The van der Waals surface area contributed by atoms with Gasteiger partial charge < -0.3 is 25.3 Å². The van der Waals surface area contributed by atoms with Crippen LogP contribution in [0, 0.1) is 11.3 Å². The smallest absolute Gasteiger partial charge is 0.254 e. The molecule has 0 unspecified atom stereocenters. The molecule has 37 heavy (non-hydrogen) atoms. The van der Waals surface area contributed by atoms with Crippen LogP contribution in [0.3, 0.4) is 0 Å². The van der Waals surface area contributed by atoms with Crippen molar-refractivity contribution in [1.82, 2.24) is 24.7 Å². The van der Waals surface area contributed by atoms with Crippen LogP contribution in [0.4, 0.5) is 0 Å². The second-order valence-electron chi connectivity index (χ2n) is 10.6. The third-order valence-electron chi connectivity index (χ3n) is 7.90. The van der Waals surface area contributed by atoms with E-state index in [1.165, 1.54) is 19.4 Å². The number of aromatic nitrogens is 2. The highest BCUT2D eigenvalue weighted by Crippen LogP contribution is 2.31. The average Bonchev–Trinajstić information content (AvgIpc) is 3.41. The summed E-state index contributed by atoms with van der Waals surface area (Å²) < 4.78 is 6.30. The Bertz CT molecular complexity index is 996. The van der Waals surface area contributed by atoms with Crippen LogP contribution in [0.25, 0.3) is 0 Å². The minimum absolute atomic E-state index is 0.0739. The lowest BCUT2D eigenvalue weighted by Crippen LogP contribution is -2.58. The monoisotopic (exact) mass is 509 g/mol. The molecule has 1 spiro atoms. The maximum atomic E-state index is 13.4. The second-order valence-corrected chi connectivity index (χ2v) is 10.6. The van der Waals surface area contributed by atoms with Gasteiger partial charge in [-0.3, -0.25) is 15.1 Å². The number of H-pyrrole nitrogens is 1. The number of imidazole rings is 1. The Morgan fingerprint density at radius 2 is 1.92 bits per heavy atom. The number of nitrogens with two attached hydrogens (primary N) is 1. The summed E-state index contributed by atoms with van der Waals surface area (Å²) >= 11 is 0. The summed E-state index contributed by atoms with van der Waals surface area (Å²) in [7, 11) is 0. The number of ether oxygens (including phenoxy) is 1. The number of amides is 1. The molecule has 0 saturated carbocycles. The molecule has 3 heterocycles. The number of aromatic amines is 1. The Kier molecular flexibility index (Phi) is 9.34. The number of carbonyl (C=O) groups excluding carboxylic acids is 1. The van der Waals surface area contributed by atoms with E-state index in [1.807, 2.05) is 29.2 Å². The largest absolute Gasteiger partial charge is 0.387 e. The molecule has 4 N–H and O–H groups in total. The number of nitrogens with zero attached hydrogens (tertiary/aromatic N) is 4. The van der Waals surface area contributed by atoms with Gasteiger partial charge in [0, 0.05) is 50.7 Å². The van der Waals surface area contributed by atoms with E-state index in [-0.39, 0.29) is 17.3 Å². The molecule has 0 radical (unpaired) electrons. The Balaban J connectivity index is 1.33. The average molecular weight is 510 g/mol. The first kappa shape index (κ1) is 27.3. The van der Waals surface area contributed by atoms with E-state index in [1.54, 1.807) is 12.4 Å². The first-order valence-electron chi connectivity index (χ1n) is 13.7. The summed E-state index contributed by atoms with van der Waals surface area (Å²) in [4.78, 5) is 27.4. The molecule has 0 aliphatic carbocycles. The van der Waals surface area contributed by atoms with E-state index < -0.39 is 0 Å². The molecule has 0 bridgehead atoms. The lowest BCUT2D eigenvalue weighted by atomic mass is 9.88. The predicted octanol–water partition coefficient (Wildman–Crippen LogP) is 3.09. The van der Waals surface area contributed by atoms with E-state index in [0.29, 0.717) is 44.9 Å².